The molecule has 19 heavy (non-hydrogen) atoms. The van der Waals surface area contributed by atoms with E-state index >= 15 is 0 Å². The molecule has 102 valence electrons. The summed E-state index contributed by atoms with van der Waals surface area (Å²) >= 11 is 0. The van der Waals surface area contributed by atoms with Crippen molar-refractivity contribution in [1.29, 1.82) is 0 Å². The van der Waals surface area contributed by atoms with Gasteiger partial charge in [-0.2, -0.15) is 4.98 Å². The maximum Gasteiger partial charge on any atom is 0.335 e. The zero-order valence-corrected chi connectivity index (χ0v) is 11.5. The predicted molar refractivity (Wildman–Crippen MR) is 73.5 cm³/mol. The normalized spacial score (nSPS) is 13.5. The van der Waals surface area contributed by atoms with Gasteiger partial charge in [-0.3, -0.25) is 0 Å². The molecular weight excluding hydrogens is 244 g/mol. The fourth-order valence-corrected chi connectivity index (χ4v) is 1.52. The van der Waals surface area contributed by atoms with E-state index in [9.17, 15) is 4.79 Å². The quantitative estimate of drug-likeness (QED) is 0.886. The van der Waals surface area contributed by atoms with E-state index in [0.717, 1.165) is 0 Å². The topological polar surface area (TPSA) is 75.4 Å². The van der Waals surface area contributed by atoms with E-state index in [1.165, 1.54) is 12.1 Å². The van der Waals surface area contributed by atoms with Gasteiger partial charge in [0.15, 0.2) is 5.58 Å². The van der Waals surface area contributed by atoms with Crippen molar-refractivity contribution in [3.05, 3.63) is 23.8 Å². The molecule has 0 aliphatic carbocycles. The number of nitrogens with one attached hydrogen (secondary N) is 1. The van der Waals surface area contributed by atoms with Gasteiger partial charge in [-0.05, 0) is 30.5 Å². The fraction of sp³-hybridized carbons (Fsp3) is 0.429. The second-order valence-electron chi connectivity index (χ2n) is 5.74. The Morgan fingerprint density at radius 3 is 2.68 bits per heavy atom. The van der Waals surface area contributed by atoms with Gasteiger partial charge in [0.25, 0.3) is 6.01 Å². The molecule has 0 fully saturated rings. The first kappa shape index (κ1) is 13.4. The molecule has 1 atom stereocenters. The number of nitrogens with zero attached hydrogens (tertiary/aromatic N) is 1. The number of anilines is 1. The smallest absolute Gasteiger partial charge is 0.335 e. The van der Waals surface area contributed by atoms with Crippen molar-refractivity contribution in [2.24, 2.45) is 5.41 Å². The third kappa shape index (κ3) is 2.86. The van der Waals surface area contributed by atoms with Crippen LogP contribution in [0.1, 0.15) is 38.1 Å². The Morgan fingerprint density at radius 1 is 1.42 bits per heavy atom. The zero-order valence-electron chi connectivity index (χ0n) is 11.5. The van der Waals surface area contributed by atoms with Crippen LogP contribution in [0.5, 0.6) is 0 Å². The molecule has 0 amide bonds. The number of rotatable bonds is 3. The molecule has 0 aliphatic rings. The molecule has 1 heterocycles. The van der Waals surface area contributed by atoms with Gasteiger partial charge in [0.2, 0.25) is 0 Å². The molecule has 5 heteroatoms. The van der Waals surface area contributed by atoms with Crippen molar-refractivity contribution in [1.82, 2.24) is 4.98 Å². The van der Waals surface area contributed by atoms with E-state index in [4.69, 9.17) is 9.52 Å². The van der Waals surface area contributed by atoms with Crippen LogP contribution in [0.15, 0.2) is 22.6 Å². The van der Waals surface area contributed by atoms with Gasteiger partial charge in [0, 0.05) is 6.04 Å². The number of fused-ring (bicyclic) bond motifs is 1. The number of oxazole rings is 1. The molecule has 1 aromatic carbocycles. The lowest BCUT2D eigenvalue weighted by Crippen LogP contribution is -2.30. The minimum absolute atomic E-state index is 0.0763. The molecule has 0 radical (unpaired) electrons. The molecule has 1 unspecified atom stereocenters. The SMILES string of the molecule is CC(Nc1nc2ccc(C(=O)O)cc2o1)C(C)(C)C. The Morgan fingerprint density at radius 2 is 2.11 bits per heavy atom. The monoisotopic (exact) mass is 262 g/mol. The summed E-state index contributed by atoms with van der Waals surface area (Å²) < 4.78 is 5.54. The Balaban J connectivity index is 2.29. The first-order valence-corrected chi connectivity index (χ1v) is 6.18. The molecule has 2 rings (SSSR count). The third-order valence-electron chi connectivity index (χ3n) is 3.27. The number of carbonyl (C=O) groups is 1. The fourth-order valence-electron chi connectivity index (χ4n) is 1.52. The van der Waals surface area contributed by atoms with Gasteiger partial charge in [-0.1, -0.05) is 20.8 Å². The van der Waals surface area contributed by atoms with Crippen molar-refractivity contribution in [3.8, 4) is 0 Å². The van der Waals surface area contributed by atoms with Crippen LogP contribution in [-0.4, -0.2) is 22.1 Å². The molecule has 1 aromatic heterocycles. The van der Waals surface area contributed by atoms with Crippen LogP contribution in [0.3, 0.4) is 0 Å². The van der Waals surface area contributed by atoms with Gasteiger partial charge in [0.05, 0.1) is 5.56 Å². The summed E-state index contributed by atoms with van der Waals surface area (Å²) in [5, 5.41) is 12.1. The average Bonchev–Trinajstić information content (AvgIpc) is 2.68. The Kier molecular flexibility index (Phi) is 3.22. The summed E-state index contributed by atoms with van der Waals surface area (Å²) in [6.07, 6.45) is 0. The molecule has 0 saturated heterocycles. The van der Waals surface area contributed by atoms with Crippen LogP contribution in [0.25, 0.3) is 11.1 Å². The molecule has 0 saturated carbocycles. The molecular formula is C14H18N2O3. The molecule has 0 bridgehead atoms. The lowest BCUT2D eigenvalue weighted by atomic mass is 9.88. The third-order valence-corrected chi connectivity index (χ3v) is 3.27. The van der Waals surface area contributed by atoms with Crippen molar-refractivity contribution >= 4 is 23.1 Å². The van der Waals surface area contributed by atoms with Crippen LogP contribution in [-0.2, 0) is 0 Å². The Labute approximate surface area is 111 Å². The zero-order chi connectivity index (χ0) is 14.2. The highest BCUT2D eigenvalue weighted by Crippen LogP contribution is 2.25. The maximum absolute atomic E-state index is 10.9. The lowest BCUT2D eigenvalue weighted by molar-refractivity contribution is 0.0697. The van der Waals surface area contributed by atoms with E-state index in [2.05, 4.69) is 38.0 Å². The van der Waals surface area contributed by atoms with Crippen molar-refractivity contribution in [3.63, 3.8) is 0 Å². The highest BCUT2D eigenvalue weighted by Gasteiger charge is 2.21. The number of aromatic carboxylic acids is 1. The van der Waals surface area contributed by atoms with Crippen LogP contribution < -0.4 is 5.32 Å². The molecule has 2 aromatic rings. The Hall–Kier alpha value is -2.04. The largest absolute Gasteiger partial charge is 0.478 e. The number of hydrogen-bond acceptors (Lipinski definition) is 4. The van der Waals surface area contributed by atoms with Crippen molar-refractivity contribution < 1.29 is 14.3 Å². The van der Waals surface area contributed by atoms with Gasteiger partial charge >= 0.3 is 5.97 Å². The van der Waals surface area contributed by atoms with E-state index < -0.39 is 5.97 Å². The summed E-state index contributed by atoms with van der Waals surface area (Å²) in [4.78, 5) is 15.2. The van der Waals surface area contributed by atoms with Gasteiger partial charge in [0.1, 0.15) is 5.52 Å². The number of carboxylic acid groups (broad SMARTS) is 1. The van der Waals surface area contributed by atoms with Crippen molar-refractivity contribution in [2.45, 2.75) is 33.7 Å². The standard InChI is InChI=1S/C14H18N2O3/c1-8(14(2,3)4)15-13-16-10-6-5-9(12(17)18)7-11(10)19-13/h5-8H,1-4H3,(H,15,16)(H,17,18). The van der Waals surface area contributed by atoms with Gasteiger partial charge < -0.3 is 14.8 Å². The van der Waals surface area contributed by atoms with E-state index in [1.54, 1.807) is 6.07 Å². The van der Waals surface area contributed by atoms with Crippen LogP contribution in [0, 0.1) is 5.41 Å². The maximum atomic E-state index is 10.9. The first-order chi connectivity index (χ1) is 8.77. The highest BCUT2D eigenvalue weighted by atomic mass is 16.4. The minimum Gasteiger partial charge on any atom is -0.478 e. The average molecular weight is 262 g/mol. The van der Waals surface area contributed by atoms with E-state index in [1.807, 2.05) is 0 Å². The Bertz CT molecular complexity index is 611. The van der Waals surface area contributed by atoms with Crippen LogP contribution in [0.4, 0.5) is 6.01 Å². The summed E-state index contributed by atoms with van der Waals surface area (Å²) in [7, 11) is 0. The highest BCUT2D eigenvalue weighted by molar-refractivity contribution is 5.92. The van der Waals surface area contributed by atoms with E-state index in [0.29, 0.717) is 17.1 Å². The summed E-state index contributed by atoms with van der Waals surface area (Å²) in [6.45, 7) is 8.42. The summed E-state index contributed by atoms with van der Waals surface area (Å²) in [5.41, 5.74) is 1.39. The van der Waals surface area contributed by atoms with Crippen molar-refractivity contribution in [2.75, 3.05) is 5.32 Å². The summed E-state index contributed by atoms with van der Waals surface area (Å²) in [6, 6.07) is 5.25. The minimum atomic E-state index is -0.976. The number of carboxylic acids is 1. The molecule has 5 nitrogen and oxygen atoms in total. The predicted octanol–water partition coefficient (Wildman–Crippen LogP) is 3.37. The van der Waals surface area contributed by atoms with E-state index in [-0.39, 0.29) is 17.0 Å². The van der Waals surface area contributed by atoms with Gasteiger partial charge in [-0.15, -0.1) is 0 Å². The molecule has 0 spiro atoms. The van der Waals surface area contributed by atoms with Crippen LogP contribution >= 0.6 is 0 Å². The second kappa shape index (κ2) is 4.57. The molecule has 0 aliphatic heterocycles. The second-order valence-corrected chi connectivity index (χ2v) is 5.74. The lowest BCUT2D eigenvalue weighted by Gasteiger charge is -2.27. The molecule has 2 N–H and O–H groups in total. The van der Waals surface area contributed by atoms with Gasteiger partial charge in [-0.25, -0.2) is 4.79 Å². The number of benzene rings is 1. The van der Waals surface area contributed by atoms with Crippen LogP contribution in [0.2, 0.25) is 0 Å². The number of aromatic nitrogens is 1. The number of hydrogen-bond donors (Lipinski definition) is 2. The first-order valence-electron chi connectivity index (χ1n) is 6.18. The summed E-state index contributed by atoms with van der Waals surface area (Å²) in [5.74, 6) is -0.976.